The molecule has 1 atom stereocenters. The van der Waals surface area contributed by atoms with Crippen LogP contribution < -0.4 is 4.90 Å². The summed E-state index contributed by atoms with van der Waals surface area (Å²) in [6, 6.07) is 8.19. The molecule has 0 saturated carbocycles. The van der Waals surface area contributed by atoms with Crippen molar-refractivity contribution in [2.45, 2.75) is 32.1 Å². The van der Waals surface area contributed by atoms with Gasteiger partial charge in [-0.2, -0.15) is 0 Å². The average molecular weight is 388 g/mol. The molecular formula is C22H33N3O3. The maximum atomic E-state index is 12.9. The van der Waals surface area contributed by atoms with Gasteiger partial charge in [0.1, 0.15) is 0 Å². The van der Waals surface area contributed by atoms with E-state index in [4.69, 9.17) is 4.74 Å². The number of likely N-dealkylation sites (tertiary alicyclic amines) is 2. The van der Waals surface area contributed by atoms with Crippen molar-refractivity contribution in [2.24, 2.45) is 5.41 Å². The maximum Gasteiger partial charge on any atom is 0.227 e. The van der Waals surface area contributed by atoms with Gasteiger partial charge < -0.3 is 19.4 Å². The summed E-state index contributed by atoms with van der Waals surface area (Å²) in [6.07, 6.45) is 4.01. The summed E-state index contributed by atoms with van der Waals surface area (Å²) in [5.74, 6) is 0.407. The van der Waals surface area contributed by atoms with Crippen LogP contribution in [0.3, 0.4) is 0 Å². The first-order valence-electron chi connectivity index (χ1n) is 10.2. The van der Waals surface area contributed by atoms with E-state index in [1.807, 2.05) is 36.0 Å². The zero-order valence-electron chi connectivity index (χ0n) is 17.4. The number of hydrogen-bond acceptors (Lipinski definition) is 4. The molecule has 3 rings (SSSR count). The lowest BCUT2D eigenvalue weighted by atomic mass is 9.73. The van der Waals surface area contributed by atoms with Crippen LogP contribution in [0.15, 0.2) is 24.3 Å². The summed E-state index contributed by atoms with van der Waals surface area (Å²) in [6.45, 7) is 3.54. The van der Waals surface area contributed by atoms with Crippen molar-refractivity contribution in [3.63, 3.8) is 0 Å². The van der Waals surface area contributed by atoms with E-state index in [0.717, 1.165) is 50.1 Å². The van der Waals surface area contributed by atoms with Crippen LogP contribution >= 0.6 is 0 Å². The fourth-order valence-electron chi connectivity index (χ4n) is 4.46. The quantitative estimate of drug-likeness (QED) is 0.751. The first-order valence-corrected chi connectivity index (χ1v) is 10.2. The number of ether oxygens (including phenoxy) is 1. The molecule has 2 fully saturated rings. The molecule has 0 unspecified atom stereocenters. The van der Waals surface area contributed by atoms with Crippen molar-refractivity contribution < 1.29 is 14.3 Å². The van der Waals surface area contributed by atoms with Crippen molar-refractivity contribution in [3.05, 3.63) is 29.8 Å². The van der Waals surface area contributed by atoms with E-state index in [9.17, 15) is 9.59 Å². The SMILES string of the molecule is COCCN1C[C@]2(CCCN(C(=O)Cc3ccc(N(C)C)cc3)C2)CCC1=O. The first-order chi connectivity index (χ1) is 13.4. The lowest BCUT2D eigenvalue weighted by molar-refractivity contribution is -0.143. The van der Waals surface area contributed by atoms with Gasteiger partial charge in [-0.15, -0.1) is 0 Å². The number of anilines is 1. The van der Waals surface area contributed by atoms with Gasteiger partial charge in [0, 0.05) is 64.9 Å². The van der Waals surface area contributed by atoms with Crippen molar-refractivity contribution in [3.8, 4) is 0 Å². The van der Waals surface area contributed by atoms with Crippen LogP contribution in [-0.4, -0.2) is 75.6 Å². The molecular weight excluding hydrogens is 354 g/mol. The van der Waals surface area contributed by atoms with Crippen molar-refractivity contribution in [1.82, 2.24) is 9.80 Å². The second-order valence-corrected chi connectivity index (χ2v) is 8.46. The zero-order valence-corrected chi connectivity index (χ0v) is 17.4. The highest BCUT2D eigenvalue weighted by Crippen LogP contribution is 2.39. The molecule has 0 bridgehead atoms. The van der Waals surface area contributed by atoms with Gasteiger partial charge in [-0.3, -0.25) is 9.59 Å². The Kier molecular flexibility index (Phi) is 6.60. The van der Waals surface area contributed by atoms with Gasteiger partial charge >= 0.3 is 0 Å². The Morgan fingerprint density at radius 1 is 1.18 bits per heavy atom. The molecule has 1 aromatic carbocycles. The largest absolute Gasteiger partial charge is 0.383 e. The number of amides is 2. The Morgan fingerprint density at radius 3 is 2.61 bits per heavy atom. The topological polar surface area (TPSA) is 53.1 Å². The number of carbonyl (C=O) groups is 2. The van der Waals surface area contributed by atoms with Crippen LogP contribution in [0, 0.1) is 5.41 Å². The van der Waals surface area contributed by atoms with Gasteiger partial charge in [0.15, 0.2) is 0 Å². The molecule has 0 N–H and O–H groups in total. The summed E-state index contributed by atoms with van der Waals surface area (Å²) < 4.78 is 5.16. The van der Waals surface area contributed by atoms with E-state index >= 15 is 0 Å². The van der Waals surface area contributed by atoms with Crippen LogP contribution in [-0.2, 0) is 20.7 Å². The minimum atomic E-state index is 0.0460. The highest BCUT2D eigenvalue weighted by atomic mass is 16.5. The molecule has 154 valence electrons. The molecule has 2 aliphatic rings. The third-order valence-corrected chi connectivity index (χ3v) is 6.14. The molecule has 0 aromatic heterocycles. The third kappa shape index (κ3) is 4.85. The smallest absolute Gasteiger partial charge is 0.227 e. The lowest BCUT2D eigenvalue weighted by Crippen LogP contribution is -2.55. The van der Waals surface area contributed by atoms with Gasteiger partial charge in [-0.05, 0) is 37.0 Å². The summed E-state index contributed by atoms with van der Waals surface area (Å²) in [7, 11) is 5.69. The molecule has 0 radical (unpaired) electrons. The van der Waals surface area contributed by atoms with Crippen LogP contribution in [0.25, 0.3) is 0 Å². The Labute approximate surface area is 168 Å². The van der Waals surface area contributed by atoms with E-state index in [1.165, 1.54) is 0 Å². The molecule has 0 aliphatic carbocycles. The highest BCUT2D eigenvalue weighted by molar-refractivity contribution is 5.79. The Morgan fingerprint density at radius 2 is 1.93 bits per heavy atom. The molecule has 28 heavy (non-hydrogen) atoms. The summed E-state index contributed by atoms with van der Waals surface area (Å²) in [5.41, 5.74) is 2.23. The summed E-state index contributed by atoms with van der Waals surface area (Å²) >= 11 is 0. The summed E-state index contributed by atoms with van der Waals surface area (Å²) in [5, 5.41) is 0. The molecule has 2 aliphatic heterocycles. The number of benzene rings is 1. The molecule has 6 heteroatoms. The lowest BCUT2D eigenvalue weighted by Gasteiger charge is -2.48. The van der Waals surface area contributed by atoms with Crippen LogP contribution in [0.4, 0.5) is 5.69 Å². The second-order valence-electron chi connectivity index (χ2n) is 8.46. The second kappa shape index (κ2) is 8.95. The maximum absolute atomic E-state index is 12.9. The van der Waals surface area contributed by atoms with Crippen molar-refractivity contribution >= 4 is 17.5 Å². The minimum absolute atomic E-state index is 0.0460. The van der Waals surface area contributed by atoms with Crippen LogP contribution in [0.2, 0.25) is 0 Å². The Balaban J connectivity index is 1.62. The standard InChI is InChI=1S/C22H33N3O3/c1-23(2)19-7-5-18(6-8-19)15-21(27)24-12-4-10-22(16-24)11-9-20(26)25(17-22)13-14-28-3/h5-8H,4,9-17H2,1-3H3/t22-/m1/s1. The van der Waals surface area contributed by atoms with Gasteiger partial charge in [-0.1, -0.05) is 12.1 Å². The molecule has 2 saturated heterocycles. The fourth-order valence-corrected chi connectivity index (χ4v) is 4.46. The number of piperidine rings is 2. The number of carbonyl (C=O) groups excluding carboxylic acids is 2. The molecule has 2 amide bonds. The van der Waals surface area contributed by atoms with E-state index < -0.39 is 0 Å². The Hall–Kier alpha value is -2.08. The minimum Gasteiger partial charge on any atom is -0.383 e. The molecule has 2 heterocycles. The summed E-state index contributed by atoms with van der Waals surface area (Å²) in [4.78, 5) is 31.2. The number of hydrogen-bond donors (Lipinski definition) is 0. The van der Waals surface area contributed by atoms with E-state index in [2.05, 4.69) is 17.0 Å². The van der Waals surface area contributed by atoms with Gasteiger partial charge in [0.2, 0.25) is 11.8 Å². The predicted octanol–water partition coefficient (Wildman–Crippen LogP) is 2.17. The van der Waals surface area contributed by atoms with Gasteiger partial charge in [-0.25, -0.2) is 0 Å². The zero-order chi connectivity index (χ0) is 20.1. The van der Waals surface area contributed by atoms with E-state index in [1.54, 1.807) is 7.11 Å². The number of rotatable bonds is 6. The first kappa shape index (κ1) is 20.6. The molecule has 1 aromatic rings. The number of nitrogens with zero attached hydrogens (tertiary/aromatic N) is 3. The van der Waals surface area contributed by atoms with E-state index in [0.29, 0.717) is 26.0 Å². The molecule has 1 spiro atoms. The van der Waals surface area contributed by atoms with Crippen LogP contribution in [0.1, 0.15) is 31.2 Å². The highest BCUT2D eigenvalue weighted by Gasteiger charge is 2.42. The fraction of sp³-hybridized carbons (Fsp3) is 0.636. The van der Waals surface area contributed by atoms with Crippen LogP contribution in [0.5, 0.6) is 0 Å². The van der Waals surface area contributed by atoms with Crippen molar-refractivity contribution in [2.75, 3.05) is 58.9 Å². The molecule has 6 nitrogen and oxygen atoms in total. The van der Waals surface area contributed by atoms with Gasteiger partial charge in [0.05, 0.1) is 13.0 Å². The number of methoxy groups -OCH3 is 1. The van der Waals surface area contributed by atoms with Gasteiger partial charge in [0.25, 0.3) is 0 Å². The van der Waals surface area contributed by atoms with Crippen molar-refractivity contribution in [1.29, 1.82) is 0 Å². The predicted molar refractivity (Wildman–Crippen MR) is 110 cm³/mol. The monoisotopic (exact) mass is 387 g/mol. The van der Waals surface area contributed by atoms with E-state index in [-0.39, 0.29) is 17.2 Å². The third-order valence-electron chi connectivity index (χ3n) is 6.14. The normalized spacial score (nSPS) is 22.6. The Bertz CT molecular complexity index is 689. The average Bonchev–Trinajstić information content (AvgIpc) is 2.69.